The van der Waals surface area contributed by atoms with Gasteiger partial charge in [-0.2, -0.15) is 5.10 Å². The Morgan fingerprint density at radius 3 is 2.59 bits per heavy atom. The Morgan fingerprint density at radius 1 is 1.10 bits per heavy atom. The normalized spacial score (nSPS) is 13.1. The van der Waals surface area contributed by atoms with Gasteiger partial charge in [-0.25, -0.2) is 0 Å². The summed E-state index contributed by atoms with van der Waals surface area (Å²) in [5.74, 6) is 0.404. The minimum Gasteiger partial charge on any atom is -0.497 e. The Kier molecular flexibility index (Phi) is 5.29. The van der Waals surface area contributed by atoms with Crippen molar-refractivity contribution < 1.29 is 14.3 Å². The third-order valence-corrected chi connectivity index (χ3v) is 4.92. The zero-order chi connectivity index (χ0) is 20.2. The lowest BCUT2D eigenvalue weighted by Gasteiger charge is -2.26. The predicted molar refractivity (Wildman–Crippen MR) is 108 cm³/mol. The number of benzene rings is 2. The zero-order valence-electron chi connectivity index (χ0n) is 16.2. The summed E-state index contributed by atoms with van der Waals surface area (Å²) < 4.78 is 6.85. The average Bonchev–Trinajstić information content (AvgIpc) is 3.20. The molecule has 2 amide bonds. The maximum atomic E-state index is 12.8. The van der Waals surface area contributed by atoms with Gasteiger partial charge in [-0.1, -0.05) is 42.5 Å². The minimum absolute atomic E-state index is 0.0286. The number of nitrogens with zero attached hydrogens (tertiary/aromatic N) is 3. The van der Waals surface area contributed by atoms with Crippen molar-refractivity contribution in [1.29, 1.82) is 0 Å². The van der Waals surface area contributed by atoms with Gasteiger partial charge in [0.25, 0.3) is 5.91 Å². The summed E-state index contributed by atoms with van der Waals surface area (Å²) in [7, 11) is 1.61. The largest absolute Gasteiger partial charge is 0.497 e. The van der Waals surface area contributed by atoms with Gasteiger partial charge in [0.2, 0.25) is 5.91 Å². The van der Waals surface area contributed by atoms with Gasteiger partial charge in [-0.15, -0.1) is 0 Å². The van der Waals surface area contributed by atoms with Crippen molar-refractivity contribution in [2.24, 2.45) is 0 Å². The molecular formula is C22H22N4O3. The van der Waals surface area contributed by atoms with Crippen LogP contribution in [0.3, 0.4) is 0 Å². The lowest BCUT2D eigenvalue weighted by atomic mass is 10.1. The molecule has 0 spiro atoms. The first-order valence-corrected chi connectivity index (χ1v) is 9.46. The summed E-state index contributed by atoms with van der Waals surface area (Å²) in [5, 5.41) is 7.40. The van der Waals surface area contributed by atoms with Gasteiger partial charge in [-0.05, 0) is 23.8 Å². The molecule has 0 aliphatic carbocycles. The highest BCUT2D eigenvalue weighted by atomic mass is 16.5. The molecule has 7 heteroatoms. The van der Waals surface area contributed by atoms with Gasteiger partial charge in [-0.3, -0.25) is 14.3 Å². The molecule has 0 saturated carbocycles. The van der Waals surface area contributed by atoms with Gasteiger partial charge in [0.15, 0.2) is 0 Å². The molecule has 4 rings (SSSR count). The van der Waals surface area contributed by atoms with E-state index in [1.165, 1.54) is 0 Å². The molecule has 148 valence electrons. The van der Waals surface area contributed by atoms with Crippen molar-refractivity contribution in [3.8, 4) is 17.0 Å². The lowest BCUT2D eigenvalue weighted by molar-refractivity contribution is -0.122. The fraction of sp³-hybridized carbons (Fsp3) is 0.227. The highest BCUT2D eigenvalue weighted by Gasteiger charge is 2.28. The van der Waals surface area contributed by atoms with Crippen LogP contribution >= 0.6 is 0 Å². The first kappa shape index (κ1) is 18.7. The van der Waals surface area contributed by atoms with Crippen molar-refractivity contribution in [2.75, 3.05) is 20.2 Å². The second-order valence-electron chi connectivity index (χ2n) is 6.86. The molecule has 0 saturated heterocycles. The molecule has 29 heavy (non-hydrogen) atoms. The molecule has 0 unspecified atom stereocenters. The fourth-order valence-electron chi connectivity index (χ4n) is 3.31. The highest BCUT2D eigenvalue weighted by molar-refractivity contribution is 5.96. The van der Waals surface area contributed by atoms with E-state index in [-0.39, 0.29) is 18.4 Å². The summed E-state index contributed by atoms with van der Waals surface area (Å²) in [6, 6.07) is 19.0. The fourth-order valence-corrected chi connectivity index (χ4v) is 3.31. The maximum absolute atomic E-state index is 12.8. The topological polar surface area (TPSA) is 76.5 Å². The van der Waals surface area contributed by atoms with E-state index >= 15 is 0 Å². The van der Waals surface area contributed by atoms with Gasteiger partial charge < -0.3 is 15.0 Å². The van der Waals surface area contributed by atoms with Crippen LogP contribution in [0.2, 0.25) is 0 Å². The van der Waals surface area contributed by atoms with Crippen molar-refractivity contribution in [3.63, 3.8) is 0 Å². The van der Waals surface area contributed by atoms with Gasteiger partial charge in [0.05, 0.1) is 25.9 Å². The minimum atomic E-state index is -0.189. The van der Waals surface area contributed by atoms with Crippen LogP contribution in [0.15, 0.2) is 60.7 Å². The molecule has 0 fully saturated rings. The molecule has 1 aromatic heterocycles. The first-order chi connectivity index (χ1) is 14.1. The van der Waals surface area contributed by atoms with Crippen molar-refractivity contribution >= 4 is 11.8 Å². The number of nitrogens with one attached hydrogen (secondary N) is 1. The molecule has 1 N–H and O–H groups in total. The second kappa shape index (κ2) is 8.18. The molecule has 7 nitrogen and oxygen atoms in total. The van der Waals surface area contributed by atoms with E-state index in [2.05, 4.69) is 10.4 Å². The quantitative estimate of drug-likeness (QED) is 0.701. The highest BCUT2D eigenvalue weighted by Crippen LogP contribution is 2.22. The van der Waals surface area contributed by atoms with Crippen LogP contribution in [0.4, 0.5) is 0 Å². The molecule has 0 radical (unpaired) electrons. The van der Waals surface area contributed by atoms with E-state index in [4.69, 9.17) is 4.74 Å². The van der Waals surface area contributed by atoms with Crippen LogP contribution in [0, 0.1) is 0 Å². The van der Waals surface area contributed by atoms with Crippen molar-refractivity contribution in [3.05, 3.63) is 71.9 Å². The molecule has 0 bridgehead atoms. The summed E-state index contributed by atoms with van der Waals surface area (Å²) in [6.45, 7) is 1.46. The van der Waals surface area contributed by atoms with Crippen molar-refractivity contribution in [2.45, 2.75) is 13.1 Å². The Morgan fingerprint density at radius 2 is 1.86 bits per heavy atom. The van der Waals surface area contributed by atoms with Crippen LogP contribution < -0.4 is 10.1 Å². The standard InChI is InChI=1S/C22H22N4O3/c1-29-18-9-7-16(8-10-18)14-23-21(27)15-25-11-12-26-20(22(25)28)13-19(24-26)17-5-3-2-4-6-17/h2-10,13H,11-12,14-15H2,1H3,(H,23,27). The molecule has 2 aromatic carbocycles. The molecular weight excluding hydrogens is 368 g/mol. The summed E-state index contributed by atoms with van der Waals surface area (Å²) in [6.07, 6.45) is 0. The third-order valence-electron chi connectivity index (χ3n) is 4.92. The number of hydrogen-bond donors (Lipinski definition) is 1. The smallest absolute Gasteiger partial charge is 0.272 e. The lowest BCUT2D eigenvalue weighted by Crippen LogP contribution is -2.45. The predicted octanol–water partition coefficient (Wildman–Crippen LogP) is 2.33. The summed E-state index contributed by atoms with van der Waals surface area (Å²) in [4.78, 5) is 26.7. The van der Waals surface area contributed by atoms with Gasteiger partial charge >= 0.3 is 0 Å². The number of ether oxygens (including phenoxy) is 1. The van der Waals surface area contributed by atoms with Gasteiger partial charge in [0, 0.05) is 18.7 Å². The molecule has 2 heterocycles. The number of carbonyl (C=O) groups excluding carboxylic acids is 2. The molecule has 0 atom stereocenters. The Labute approximate surface area is 168 Å². The number of rotatable bonds is 6. The number of fused-ring (bicyclic) bond motifs is 1. The van der Waals surface area contributed by atoms with E-state index in [0.29, 0.717) is 25.3 Å². The molecule has 1 aliphatic rings. The summed E-state index contributed by atoms with van der Waals surface area (Å²) in [5.41, 5.74) is 3.21. The Hall–Kier alpha value is -3.61. The van der Waals surface area contributed by atoms with E-state index < -0.39 is 0 Å². The van der Waals surface area contributed by atoms with Crippen LogP contribution in [-0.4, -0.2) is 46.7 Å². The number of methoxy groups -OCH3 is 1. The number of aromatic nitrogens is 2. The van der Waals surface area contributed by atoms with E-state index in [1.54, 1.807) is 22.8 Å². The number of hydrogen-bond acceptors (Lipinski definition) is 4. The SMILES string of the molecule is COc1ccc(CNC(=O)CN2CCn3nc(-c4ccccc4)cc3C2=O)cc1. The maximum Gasteiger partial charge on any atom is 0.272 e. The number of amides is 2. The second-order valence-corrected chi connectivity index (χ2v) is 6.86. The van der Waals surface area contributed by atoms with Crippen molar-refractivity contribution in [1.82, 2.24) is 20.0 Å². The van der Waals surface area contributed by atoms with Crippen LogP contribution in [0.25, 0.3) is 11.3 Å². The monoisotopic (exact) mass is 390 g/mol. The average molecular weight is 390 g/mol. The first-order valence-electron chi connectivity index (χ1n) is 9.46. The van der Waals surface area contributed by atoms with E-state index in [0.717, 1.165) is 22.6 Å². The Bertz CT molecular complexity index is 1010. The number of carbonyl (C=O) groups is 2. The van der Waals surface area contributed by atoms with Crippen LogP contribution in [-0.2, 0) is 17.9 Å². The molecule has 1 aliphatic heterocycles. The van der Waals surface area contributed by atoms with E-state index in [1.807, 2.05) is 54.6 Å². The third kappa shape index (κ3) is 4.13. The van der Waals surface area contributed by atoms with E-state index in [9.17, 15) is 9.59 Å². The van der Waals surface area contributed by atoms with Gasteiger partial charge in [0.1, 0.15) is 11.4 Å². The summed E-state index contributed by atoms with van der Waals surface area (Å²) >= 11 is 0. The molecule has 3 aromatic rings. The van der Waals surface area contributed by atoms with Crippen LogP contribution in [0.5, 0.6) is 5.75 Å². The van der Waals surface area contributed by atoms with Crippen LogP contribution in [0.1, 0.15) is 16.1 Å². The Balaban J connectivity index is 1.37. The zero-order valence-corrected chi connectivity index (χ0v) is 16.2.